The number of benzene rings is 1. The van der Waals surface area contributed by atoms with E-state index < -0.39 is 0 Å². The number of ether oxygens (including phenoxy) is 2. The van der Waals surface area contributed by atoms with Gasteiger partial charge in [-0.15, -0.1) is 11.3 Å². The van der Waals surface area contributed by atoms with Gasteiger partial charge in [-0.25, -0.2) is 9.78 Å². The largest absolute Gasteiger partial charge is 0.458 e. The Labute approximate surface area is 146 Å². The molecule has 1 aromatic carbocycles. The molecule has 0 aliphatic carbocycles. The average Bonchev–Trinajstić information content (AvgIpc) is 3.11. The molecule has 1 aliphatic heterocycles. The molecular formula is C19H23NO3S. The van der Waals surface area contributed by atoms with E-state index in [1.165, 1.54) is 16.9 Å². The number of aromatic nitrogens is 1. The van der Waals surface area contributed by atoms with E-state index in [0.29, 0.717) is 18.2 Å². The molecule has 0 spiro atoms. The van der Waals surface area contributed by atoms with Crippen molar-refractivity contribution in [2.75, 3.05) is 13.2 Å². The lowest BCUT2D eigenvalue weighted by atomic mass is 10.0. The lowest BCUT2D eigenvalue weighted by Crippen LogP contribution is -2.26. The molecule has 1 fully saturated rings. The average molecular weight is 345 g/mol. The van der Waals surface area contributed by atoms with Gasteiger partial charge in [-0.05, 0) is 30.7 Å². The van der Waals surface area contributed by atoms with Crippen molar-refractivity contribution in [2.45, 2.75) is 45.1 Å². The molecule has 0 saturated carbocycles. The monoisotopic (exact) mass is 345 g/mol. The van der Waals surface area contributed by atoms with Crippen molar-refractivity contribution in [2.24, 2.45) is 0 Å². The third-order valence-corrected chi connectivity index (χ3v) is 5.10. The van der Waals surface area contributed by atoms with E-state index in [2.05, 4.69) is 43.1 Å². The van der Waals surface area contributed by atoms with E-state index in [1.54, 1.807) is 5.38 Å². The summed E-state index contributed by atoms with van der Waals surface area (Å²) < 4.78 is 10.9. The fourth-order valence-corrected chi connectivity index (χ4v) is 3.49. The highest BCUT2D eigenvalue weighted by atomic mass is 32.1. The standard InChI is InChI=1S/C19H23NO3S/c1-13(2)14-6-8-15(9-7-14)18-20-17(12-24-18)19(21)23-11-16-5-3-4-10-22-16/h6-9,12-13,16H,3-5,10-11H2,1-2H3. The van der Waals surface area contributed by atoms with Gasteiger partial charge >= 0.3 is 5.97 Å². The highest BCUT2D eigenvalue weighted by molar-refractivity contribution is 7.13. The normalized spacial score (nSPS) is 17.9. The summed E-state index contributed by atoms with van der Waals surface area (Å²) in [5.41, 5.74) is 2.69. The van der Waals surface area contributed by atoms with Crippen LogP contribution in [0.2, 0.25) is 0 Å². The molecule has 0 amide bonds. The quantitative estimate of drug-likeness (QED) is 0.740. The van der Waals surface area contributed by atoms with Crippen molar-refractivity contribution < 1.29 is 14.3 Å². The third kappa shape index (κ3) is 4.22. The van der Waals surface area contributed by atoms with Gasteiger partial charge in [0.05, 0.1) is 6.10 Å². The van der Waals surface area contributed by atoms with Crippen LogP contribution in [0.15, 0.2) is 29.6 Å². The number of carbonyl (C=O) groups is 1. The summed E-state index contributed by atoms with van der Waals surface area (Å²) in [4.78, 5) is 16.6. The Kier molecular flexibility index (Phi) is 5.63. The third-order valence-electron chi connectivity index (χ3n) is 4.21. The SMILES string of the molecule is CC(C)c1ccc(-c2nc(C(=O)OCC3CCCCO3)cs2)cc1. The molecule has 2 heterocycles. The molecule has 1 unspecified atom stereocenters. The van der Waals surface area contributed by atoms with E-state index in [4.69, 9.17) is 9.47 Å². The van der Waals surface area contributed by atoms with Crippen LogP contribution in [0.3, 0.4) is 0 Å². The van der Waals surface area contributed by atoms with Crippen molar-refractivity contribution >= 4 is 17.3 Å². The maximum atomic E-state index is 12.1. The van der Waals surface area contributed by atoms with Crippen LogP contribution in [-0.2, 0) is 9.47 Å². The van der Waals surface area contributed by atoms with Crippen molar-refractivity contribution in [3.8, 4) is 10.6 Å². The van der Waals surface area contributed by atoms with Crippen LogP contribution < -0.4 is 0 Å². The van der Waals surface area contributed by atoms with Crippen LogP contribution >= 0.6 is 11.3 Å². The first-order valence-corrected chi connectivity index (χ1v) is 9.36. The molecule has 1 atom stereocenters. The smallest absolute Gasteiger partial charge is 0.357 e. The minimum atomic E-state index is -0.370. The van der Waals surface area contributed by atoms with E-state index in [1.807, 2.05) is 0 Å². The summed E-state index contributed by atoms with van der Waals surface area (Å²) in [6.45, 7) is 5.41. The van der Waals surface area contributed by atoms with Gasteiger partial charge in [0.25, 0.3) is 0 Å². The second kappa shape index (κ2) is 7.90. The maximum Gasteiger partial charge on any atom is 0.357 e. The fraction of sp³-hybridized carbons (Fsp3) is 0.474. The second-order valence-corrected chi connectivity index (χ2v) is 7.26. The van der Waals surface area contributed by atoms with Gasteiger partial charge in [0.15, 0.2) is 5.69 Å². The lowest BCUT2D eigenvalue weighted by Gasteiger charge is -2.21. The Bertz CT molecular complexity index is 672. The Hall–Kier alpha value is -1.72. The number of rotatable bonds is 5. The van der Waals surface area contributed by atoms with Crippen molar-refractivity contribution in [3.05, 3.63) is 40.9 Å². The number of hydrogen-bond acceptors (Lipinski definition) is 5. The Morgan fingerprint density at radius 1 is 1.33 bits per heavy atom. The van der Waals surface area contributed by atoms with Gasteiger partial charge in [0, 0.05) is 17.6 Å². The molecule has 128 valence electrons. The minimum absolute atomic E-state index is 0.0318. The van der Waals surface area contributed by atoms with Crippen LogP contribution in [0.25, 0.3) is 10.6 Å². The summed E-state index contributed by atoms with van der Waals surface area (Å²) in [5.74, 6) is 0.133. The van der Waals surface area contributed by atoms with Crippen LogP contribution in [0.1, 0.15) is 55.1 Å². The zero-order valence-corrected chi connectivity index (χ0v) is 15.0. The van der Waals surface area contributed by atoms with Crippen LogP contribution in [0.4, 0.5) is 0 Å². The minimum Gasteiger partial charge on any atom is -0.458 e. The van der Waals surface area contributed by atoms with Gasteiger partial charge in [0.2, 0.25) is 0 Å². The highest BCUT2D eigenvalue weighted by Gasteiger charge is 2.18. The highest BCUT2D eigenvalue weighted by Crippen LogP contribution is 2.26. The van der Waals surface area contributed by atoms with Crippen molar-refractivity contribution in [1.29, 1.82) is 0 Å². The van der Waals surface area contributed by atoms with Gasteiger partial charge in [-0.3, -0.25) is 0 Å². The predicted octanol–water partition coefficient (Wildman–Crippen LogP) is 4.66. The first-order valence-electron chi connectivity index (χ1n) is 8.48. The maximum absolute atomic E-state index is 12.1. The Morgan fingerprint density at radius 3 is 2.79 bits per heavy atom. The van der Waals surface area contributed by atoms with E-state index in [9.17, 15) is 4.79 Å². The molecule has 1 aromatic heterocycles. The summed E-state index contributed by atoms with van der Waals surface area (Å²) in [6.07, 6.45) is 3.22. The predicted molar refractivity (Wildman–Crippen MR) is 95.5 cm³/mol. The molecule has 0 N–H and O–H groups in total. The van der Waals surface area contributed by atoms with Crippen LogP contribution in [0.5, 0.6) is 0 Å². The molecule has 3 rings (SSSR count). The molecule has 1 aliphatic rings. The molecule has 1 saturated heterocycles. The van der Waals surface area contributed by atoms with Gasteiger partial charge in [0.1, 0.15) is 11.6 Å². The first kappa shape index (κ1) is 17.1. The first-order chi connectivity index (χ1) is 11.6. The Balaban J connectivity index is 1.60. The van der Waals surface area contributed by atoms with E-state index in [-0.39, 0.29) is 12.1 Å². The van der Waals surface area contributed by atoms with Gasteiger partial charge in [-0.1, -0.05) is 38.1 Å². The van der Waals surface area contributed by atoms with Crippen LogP contribution in [-0.4, -0.2) is 30.3 Å². The molecule has 0 bridgehead atoms. The molecule has 5 heteroatoms. The van der Waals surface area contributed by atoms with Crippen LogP contribution in [0, 0.1) is 0 Å². The van der Waals surface area contributed by atoms with Crippen molar-refractivity contribution in [1.82, 2.24) is 4.98 Å². The lowest BCUT2D eigenvalue weighted by molar-refractivity contribution is -0.0302. The number of hydrogen-bond donors (Lipinski definition) is 0. The summed E-state index contributed by atoms with van der Waals surface area (Å²) >= 11 is 1.46. The topological polar surface area (TPSA) is 48.4 Å². The van der Waals surface area contributed by atoms with E-state index >= 15 is 0 Å². The molecule has 24 heavy (non-hydrogen) atoms. The molecule has 0 radical (unpaired) electrons. The summed E-state index contributed by atoms with van der Waals surface area (Å²) in [6, 6.07) is 8.33. The second-order valence-electron chi connectivity index (χ2n) is 6.40. The van der Waals surface area contributed by atoms with Gasteiger partial charge < -0.3 is 9.47 Å². The molecule has 4 nitrogen and oxygen atoms in total. The summed E-state index contributed by atoms with van der Waals surface area (Å²) in [5, 5.41) is 2.60. The number of nitrogens with zero attached hydrogens (tertiary/aromatic N) is 1. The fourth-order valence-electron chi connectivity index (χ4n) is 2.69. The number of esters is 1. The summed E-state index contributed by atoms with van der Waals surface area (Å²) in [7, 11) is 0. The van der Waals surface area contributed by atoms with Gasteiger partial charge in [-0.2, -0.15) is 0 Å². The zero-order valence-electron chi connectivity index (χ0n) is 14.2. The zero-order chi connectivity index (χ0) is 16.9. The molecular weight excluding hydrogens is 322 g/mol. The number of thiazole rings is 1. The molecule has 2 aromatic rings. The number of carbonyl (C=O) groups excluding carboxylic acids is 1. The Morgan fingerprint density at radius 2 is 2.12 bits per heavy atom. The van der Waals surface area contributed by atoms with Crippen molar-refractivity contribution in [3.63, 3.8) is 0 Å². The van der Waals surface area contributed by atoms with E-state index in [0.717, 1.165) is 36.4 Å².